The molecular weight excluding hydrogens is 295 g/mol. The van der Waals surface area contributed by atoms with E-state index in [0.717, 1.165) is 19.5 Å². The number of unbranched alkanes of at least 4 members (excludes halogenated alkanes) is 1. The van der Waals surface area contributed by atoms with Crippen LogP contribution >= 0.6 is 24.8 Å². The number of aromatic amines is 1. The van der Waals surface area contributed by atoms with Gasteiger partial charge in [-0.3, -0.25) is 4.90 Å². The molecule has 1 aromatic heterocycles. The van der Waals surface area contributed by atoms with Crippen LogP contribution in [0.4, 0.5) is 0 Å². The second-order valence-corrected chi connectivity index (χ2v) is 5.60. The third kappa shape index (κ3) is 2.98. The van der Waals surface area contributed by atoms with E-state index in [1.807, 2.05) is 6.33 Å². The number of fused-ring (bicyclic) bond motifs is 2. The van der Waals surface area contributed by atoms with Gasteiger partial charge in [0, 0.05) is 18.7 Å². The SMILES string of the molecule is CCCCN1CCc2[nH]cnc2C12CCNCC2.Cl.Cl. The Morgan fingerprint density at radius 2 is 2.05 bits per heavy atom. The lowest BCUT2D eigenvalue weighted by atomic mass is 9.79. The molecule has 0 radical (unpaired) electrons. The van der Waals surface area contributed by atoms with Gasteiger partial charge >= 0.3 is 0 Å². The molecule has 4 nitrogen and oxygen atoms in total. The molecular formula is C14H26Cl2N4. The maximum absolute atomic E-state index is 4.67. The fourth-order valence-electron chi connectivity index (χ4n) is 3.59. The largest absolute Gasteiger partial charge is 0.348 e. The number of aromatic nitrogens is 2. The molecule has 2 N–H and O–H groups in total. The van der Waals surface area contributed by atoms with Crippen molar-refractivity contribution < 1.29 is 0 Å². The van der Waals surface area contributed by atoms with Crippen LogP contribution in [0.15, 0.2) is 6.33 Å². The summed E-state index contributed by atoms with van der Waals surface area (Å²) in [6.07, 6.45) is 8.00. The topological polar surface area (TPSA) is 44.0 Å². The molecule has 0 saturated carbocycles. The molecule has 2 aliphatic heterocycles. The molecule has 1 spiro atoms. The lowest BCUT2D eigenvalue weighted by molar-refractivity contribution is 0.0376. The fourth-order valence-corrected chi connectivity index (χ4v) is 3.59. The van der Waals surface area contributed by atoms with Gasteiger partial charge in [-0.05, 0) is 38.9 Å². The second-order valence-electron chi connectivity index (χ2n) is 5.60. The van der Waals surface area contributed by atoms with E-state index >= 15 is 0 Å². The van der Waals surface area contributed by atoms with E-state index in [1.165, 1.54) is 50.2 Å². The van der Waals surface area contributed by atoms with Gasteiger partial charge in [0.2, 0.25) is 0 Å². The van der Waals surface area contributed by atoms with Crippen LogP contribution in [-0.2, 0) is 12.0 Å². The van der Waals surface area contributed by atoms with E-state index in [1.54, 1.807) is 0 Å². The highest BCUT2D eigenvalue weighted by Crippen LogP contribution is 2.40. The van der Waals surface area contributed by atoms with Crippen LogP contribution in [0.5, 0.6) is 0 Å². The maximum Gasteiger partial charge on any atom is 0.0926 e. The van der Waals surface area contributed by atoms with E-state index in [2.05, 4.69) is 27.1 Å². The molecule has 0 aliphatic carbocycles. The summed E-state index contributed by atoms with van der Waals surface area (Å²) in [5, 5.41) is 3.49. The normalized spacial score (nSPS) is 20.9. The monoisotopic (exact) mass is 320 g/mol. The summed E-state index contributed by atoms with van der Waals surface area (Å²) in [7, 11) is 0. The van der Waals surface area contributed by atoms with Gasteiger partial charge in [0.1, 0.15) is 0 Å². The summed E-state index contributed by atoms with van der Waals surface area (Å²) in [5.74, 6) is 0. The number of hydrogen-bond donors (Lipinski definition) is 2. The molecule has 20 heavy (non-hydrogen) atoms. The van der Waals surface area contributed by atoms with Crippen molar-refractivity contribution in [1.82, 2.24) is 20.2 Å². The van der Waals surface area contributed by atoms with Crippen molar-refractivity contribution in [2.75, 3.05) is 26.2 Å². The number of halogens is 2. The summed E-state index contributed by atoms with van der Waals surface area (Å²) in [6, 6.07) is 0. The van der Waals surface area contributed by atoms with Crippen LogP contribution in [0.3, 0.4) is 0 Å². The Morgan fingerprint density at radius 3 is 2.75 bits per heavy atom. The first-order chi connectivity index (χ1) is 8.87. The van der Waals surface area contributed by atoms with Crippen molar-refractivity contribution in [2.45, 2.75) is 44.6 Å². The number of hydrogen-bond acceptors (Lipinski definition) is 3. The molecule has 1 fully saturated rings. The first-order valence-corrected chi connectivity index (χ1v) is 7.35. The molecule has 3 rings (SSSR count). The predicted molar refractivity (Wildman–Crippen MR) is 87.1 cm³/mol. The fraction of sp³-hybridized carbons (Fsp3) is 0.786. The minimum atomic E-state index is 0. The van der Waals surface area contributed by atoms with Crippen LogP contribution in [-0.4, -0.2) is 41.0 Å². The Hall–Kier alpha value is -0.290. The maximum atomic E-state index is 4.67. The molecule has 6 heteroatoms. The van der Waals surface area contributed by atoms with Gasteiger partial charge in [-0.1, -0.05) is 13.3 Å². The summed E-state index contributed by atoms with van der Waals surface area (Å²) < 4.78 is 0. The molecule has 0 aromatic carbocycles. The van der Waals surface area contributed by atoms with Gasteiger partial charge in [-0.15, -0.1) is 24.8 Å². The molecule has 0 bridgehead atoms. The van der Waals surface area contributed by atoms with E-state index < -0.39 is 0 Å². The Bertz CT molecular complexity index is 402. The van der Waals surface area contributed by atoms with Gasteiger partial charge in [0.05, 0.1) is 17.6 Å². The highest BCUT2D eigenvalue weighted by atomic mass is 35.5. The van der Waals surface area contributed by atoms with Crippen molar-refractivity contribution in [2.24, 2.45) is 0 Å². The van der Waals surface area contributed by atoms with Crippen LogP contribution in [0.25, 0.3) is 0 Å². The van der Waals surface area contributed by atoms with E-state index in [0.29, 0.717) is 0 Å². The van der Waals surface area contributed by atoms with Crippen LogP contribution in [0, 0.1) is 0 Å². The van der Waals surface area contributed by atoms with Gasteiger partial charge in [0.25, 0.3) is 0 Å². The molecule has 1 aromatic rings. The second kappa shape index (κ2) is 7.64. The van der Waals surface area contributed by atoms with Crippen LogP contribution in [0.1, 0.15) is 44.0 Å². The Labute approximate surface area is 133 Å². The molecule has 2 aliphatic rings. The van der Waals surface area contributed by atoms with Crippen molar-refractivity contribution >= 4 is 24.8 Å². The van der Waals surface area contributed by atoms with Gasteiger partial charge in [-0.25, -0.2) is 4.98 Å². The molecule has 0 amide bonds. The quantitative estimate of drug-likeness (QED) is 0.899. The highest BCUT2D eigenvalue weighted by molar-refractivity contribution is 5.85. The van der Waals surface area contributed by atoms with Crippen molar-refractivity contribution in [3.63, 3.8) is 0 Å². The number of nitrogens with zero attached hydrogens (tertiary/aromatic N) is 2. The van der Waals surface area contributed by atoms with Crippen molar-refractivity contribution in [1.29, 1.82) is 0 Å². The number of piperidine rings is 1. The number of H-pyrrole nitrogens is 1. The summed E-state index contributed by atoms with van der Waals surface area (Å²) >= 11 is 0. The Balaban J connectivity index is 0.000001000. The molecule has 1 saturated heterocycles. The Kier molecular flexibility index (Phi) is 6.79. The zero-order valence-electron chi connectivity index (χ0n) is 12.2. The van der Waals surface area contributed by atoms with Gasteiger partial charge in [0.15, 0.2) is 0 Å². The average Bonchev–Trinajstić information content (AvgIpc) is 2.89. The molecule has 0 atom stereocenters. The summed E-state index contributed by atoms with van der Waals surface area (Å²) in [6.45, 7) is 6.93. The third-order valence-electron chi connectivity index (χ3n) is 4.61. The predicted octanol–water partition coefficient (Wildman–Crippen LogP) is 2.49. The Morgan fingerprint density at radius 1 is 1.30 bits per heavy atom. The smallest absolute Gasteiger partial charge is 0.0926 e. The van der Waals surface area contributed by atoms with Crippen molar-refractivity contribution in [3.05, 3.63) is 17.7 Å². The number of rotatable bonds is 3. The van der Waals surface area contributed by atoms with E-state index in [4.69, 9.17) is 0 Å². The minimum Gasteiger partial charge on any atom is -0.348 e. The summed E-state index contributed by atoms with van der Waals surface area (Å²) in [5.41, 5.74) is 2.93. The highest BCUT2D eigenvalue weighted by Gasteiger charge is 2.44. The first-order valence-electron chi connectivity index (χ1n) is 7.35. The third-order valence-corrected chi connectivity index (χ3v) is 4.61. The van der Waals surface area contributed by atoms with Gasteiger partial charge in [-0.2, -0.15) is 0 Å². The van der Waals surface area contributed by atoms with Gasteiger partial charge < -0.3 is 10.3 Å². The van der Waals surface area contributed by atoms with Crippen molar-refractivity contribution in [3.8, 4) is 0 Å². The average molecular weight is 321 g/mol. The van der Waals surface area contributed by atoms with E-state index in [-0.39, 0.29) is 30.4 Å². The van der Waals surface area contributed by atoms with Crippen LogP contribution < -0.4 is 5.32 Å². The standard InChI is InChI=1S/C14H24N4.2ClH/c1-2-3-9-18-10-4-12-13(17-11-16-12)14(18)5-7-15-8-6-14;;/h11,15H,2-10H2,1H3,(H,16,17);2*1H. The summed E-state index contributed by atoms with van der Waals surface area (Å²) in [4.78, 5) is 10.7. The zero-order valence-corrected chi connectivity index (χ0v) is 13.8. The molecule has 116 valence electrons. The number of nitrogens with one attached hydrogen (secondary N) is 2. The lowest BCUT2D eigenvalue weighted by Gasteiger charge is -2.48. The number of imidazole rings is 1. The lowest BCUT2D eigenvalue weighted by Crippen LogP contribution is -2.55. The van der Waals surface area contributed by atoms with E-state index in [9.17, 15) is 0 Å². The molecule has 0 unspecified atom stereocenters. The van der Waals surface area contributed by atoms with Crippen LogP contribution in [0.2, 0.25) is 0 Å². The molecule has 3 heterocycles. The minimum absolute atomic E-state index is 0. The zero-order chi connectivity index (χ0) is 12.4. The first kappa shape index (κ1) is 17.8.